The molecule has 2 heterocycles. The van der Waals surface area contributed by atoms with Crippen LogP contribution in [0.5, 0.6) is 0 Å². The number of hydrogen-bond acceptors (Lipinski definition) is 4. The van der Waals surface area contributed by atoms with E-state index in [1.807, 2.05) is 53.9 Å². The Morgan fingerprint density at radius 2 is 1.82 bits per heavy atom. The fraction of sp³-hybridized carbons (Fsp3) is 0.0556. The van der Waals surface area contributed by atoms with Gasteiger partial charge < -0.3 is 5.32 Å². The fourth-order valence-corrected chi connectivity index (χ4v) is 4.62. The molecule has 0 atom stereocenters. The number of nitrogens with one attached hydrogen (secondary N) is 1. The van der Waals surface area contributed by atoms with Crippen molar-refractivity contribution in [2.75, 3.05) is 5.32 Å². The third kappa shape index (κ3) is 2.34. The summed E-state index contributed by atoms with van der Waals surface area (Å²) >= 11 is 3.27. The van der Waals surface area contributed by atoms with Gasteiger partial charge in [0.05, 0.1) is 16.1 Å². The third-order valence-corrected chi connectivity index (χ3v) is 5.70. The van der Waals surface area contributed by atoms with E-state index in [9.17, 15) is 4.79 Å². The molecule has 4 rings (SSSR count). The topological polar surface area (TPSA) is 29.1 Å². The number of carbonyl (C=O) groups excluding carboxylic acids is 1. The van der Waals surface area contributed by atoms with Crippen molar-refractivity contribution >= 4 is 40.3 Å². The van der Waals surface area contributed by atoms with E-state index in [0.717, 1.165) is 38.0 Å². The molecule has 2 nitrogen and oxygen atoms in total. The fourth-order valence-electron chi connectivity index (χ4n) is 2.58. The van der Waals surface area contributed by atoms with Crippen molar-refractivity contribution in [3.05, 3.63) is 76.0 Å². The molecule has 0 saturated heterocycles. The van der Waals surface area contributed by atoms with Gasteiger partial charge in [-0.3, -0.25) is 4.79 Å². The van der Waals surface area contributed by atoms with Gasteiger partial charge in [-0.2, -0.15) is 0 Å². The van der Waals surface area contributed by atoms with Gasteiger partial charge in [-0.1, -0.05) is 24.3 Å². The van der Waals surface area contributed by atoms with Crippen LogP contribution in [-0.2, 0) is 5.75 Å². The number of ketones is 1. The van der Waals surface area contributed by atoms with E-state index in [1.165, 1.54) is 11.3 Å². The molecule has 0 saturated carbocycles. The Balaban J connectivity index is 1.82. The van der Waals surface area contributed by atoms with Crippen molar-refractivity contribution in [2.45, 2.75) is 10.6 Å². The molecule has 108 valence electrons. The molecule has 22 heavy (non-hydrogen) atoms. The summed E-state index contributed by atoms with van der Waals surface area (Å²) in [6, 6.07) is 18.0. The SMILES string of the molecule is O=C1c2sccc2CSc2cccc(Nc3ccccc3)c21. The zero-order valence-electron chi connectivity index (χ0n) is 11.7. The molecule has 1 aliphatic rings. The predicted molar refractivity (Wildman–Crippen MR) is 93.5 cm³/mol. The van der Waals surface area contributed by atoms with E-state index >= 15 is 0 Å². The summed E-state index contributed by atoms with van der Waals surface area (Å²) in [5, 5.41) is 5.39. The summed E-state index contributed by atoms with van der Waals surface area (Å²) < 4.78 is 0. The van der Waals surface area contributed by atoms with Crippen molar-refractivity contribution in [3.8, 4) is 0 Å². The van der Waals surface area contributed by atoms with Crippen LogP contribution in [0.2, 0.25) is 0 Å². The minimum absolute atomic E-state index is 0.129. The summed E-state index contributed by atoms with van der Waals surface area (Å²) in [6.45, 7) is 0. The number of rotatable bonds is 2. The average molecular weight is 323 g/mol. The van der Waals surface area contributed by atoms with E-state index in [2.05, 4.69) is 11.4 Å². The van der Waals surface area contributed by atoms with E-state index in [1.54, 1.807) is 11.8 Å². The molecule has 1 aliphatic heterocycles. The first kappa shape index (κ1) is 13.6. The van der Waals surface area contributed by atoms with Crippen LogP contribution in [0, 0.1) is 0 Å². The molecule has 0 radical (unpaired) electrons. The third-order valence-electron chi connectivity index (χ3n) is 3.64. The molecular weight excluding hydrogens is 310 g/mol. The lowest BCUT2D eigenvalue weighted by Gasteiger charge is -2.13. The van der Waals surface area contributed by atoms with E-state index in [0.29, 0.717) is 0 Å². The molecular formula is C18H13NOS2. The minimum Gasteiger partial charge on any atom is -0.355 e. The zero-order valence-corrected chi connectivity index (χ0v) is 13.3. The Hall–Kier alpha value is -2.04. The van der Waals surface area contributed by atoms with Crippen molar-refractivity contribution in [1.29, 1.82) is 0 Å². The quantitative estimate of drug-likeness (QED) is 0.691. The molecule has 0 unspecified atom stereocenters. The highest BCUT2D eigenvalue weighted by molar-refractivity contribution is 7.98. The highest BCUT2D eigenvalue weighted by Crippen LogP contribution is 2.39. The van der Waals surface area contributed by atoms with Gasteiger partial charge >= 0.3 is 0 Å². The van der Waals surface area contributed by atoms with Crippen LogP contribution in [0.1, 0.15) is 20.8 Å². The largest absolute Gasteiger partial charge is 0.355 e. The van der Waals surface area contributed by atoms with Gasteiger partial charge in [-0.25, -0.2) is 0 Å². The molecule has 2 aromatic carbocycles. The number of fused-ring (bicyclic) bond motifs is 2. The van der Waals surface area contributed by atoms with Crippen LogP contribution in [0.25, 0.3) is 0 Å². The smallest absolute Gasteiger partial charge is 0.206 e. The van der Waals surface area contributed by atoms with E-state index < -0.39 is 0 Å². The molecule has 1 N–H and O–H groups in total. The maximum atomic E-state index is 13.0. The second-order valence-corrected chi connectivity index (χ2v) is 7.00. The Morgan fingerprint density at radius 3 is 2.68 bits per heavy atom. The number of para-hydroxylation sites is 1. The highest BCUT2D eigenvalue weighted by atomic mass is 32.2. The van der Waals surface area contributed by atoms with Gasteiger partial charge in [-0.05, 0) is 41.3 Å². The van der Waals surface area contributed by atoms with Gasteiger partial charge in [0.1, 0.15) is 0 Å². The summed E-state index contributed by atoms with van der Waals surface area (Å²) in [6.07, 6.45) is 0. The summed E-state index contributed by atoms with van der Waals surface area (Å²) in [4.78, 5) is 14.9. The van der Waals surface area contributed by atoms with Crippen molar-refractivity contribution < 1.29 is 4.79 Å². The maximum Gasteiger partial charge on any atom is 0.206 e. The number of thiophene rings is 1. The zero-order chi connectivity index (χ0) is 14.9. The van der Waals surface area contributed by atoms with Crippen LogP contribution < -0.4 is 5.32 Å². The van der Waals surface area contributed by atoms with Crippen molar-refractivity contribution in [3.63, 3.8) is 0 Å². The highest BCUT2D eigenvalue weighted by Gasteiger charge is 2.25. The van der Waals surface area contributed by atoms with E-state index in [4.69, 9.17) is 0 Å². The Labute approximate surface area is 137 Å². The van der Waals surface area contributed by atoms with Crippen LogP contribution in [0.4, 0.5) is 11.4 Å². The number of carbonyl (C=O) groups is 1. The molecule has 0 amide bonds. The molecule has 0 bridgehead atoms. The first-order chi connectivity index (χ1) is 10.8. The molecule has 0 spiro atoms. The van der Waals surface area contributed by atoms with Crippen LogP contribution in [-0.4, -0.2) is 5.78 Å². The molecule has 3 aromatic rings. The van der Waals surface area contributed by atoms with Gasteiger partial charge in [-0.15, -0.1) is 23.1 Å². The van der Waals surface area contributed by atoms with Crippen molar-refractivity contribution in [1.82, 2.24) is 0 Å². The summed E-state index contributed by atoms with van der Waals surface area (Å²) in [5.41, 5.74) is 3.80. The Morgan fingerprint density at radius 1 is 0.955 bits per heavy atom. The van der Waals surface area contributed by atoms with Gasteiger partial charge in [0.2, 0.25) is 5.78 Å². The summed E-state index contributed by atoms with van der Waals surface area (Å²) in [5.74, 6) is 0.982. The monoisotopic (exact) mass is 323 g/mol. The first-order valence-electron chi connectivity index (χ1n) is 7.02. The lowest BCUT2D eigenvalue weighted by Crippen LogP contribution is -2.05. The van der Waals surface area contributed by atoms with Gasteiger partial charge in [0.25, 0.3) is 0 Å². The second-order valence-electron chi connectivity index (χ2n) is 5.06. The standard InChI is InChI=1S/C18H13NOS2/c20-17-16-14(19-13-5-2-1-3-6-13)7-4-8-15(16)22-11-12-9-10-21-18(12)17/h1-10,19H,11H2. The summed E-state index contributed by atoms with van der Waals surface area (Å²) in [7, 11) is 0. The molecule has 0 aliphatic carbocycles. The van der Waals surface area contributed by atoms with E-state index in [-0.39, 0.29) is 5.78 Å². The van der Waals surface area contributed by atoms with Crippen molar-refractivity contribution in [2.24, 2.45) is 0 Å². The van der Waals surface area contributed by atoms with Gasteiger partial charge in [0.15, 0.2) is 0 Å². The van der Waals surface area contributed by atoms with Crippen LogP contribution in [0.15, 0.2) is 64.9 Å². The Kier molecular flexibility index (Phi) is 3.48. The Bertz CT molecular complexity index is 839. The molecule has 1 aromatic heterocycles. The normalized spacial score (nSPS) is 13.2. The lowest BCUT2D eigenvalue weighted by molar-refractivity contribution is 0.104. The number of anilines is 2. The number of benzene rings is 2. The minimum atomic E-state index is 0.129. The number of thioether (sulfide) groups is 1. The maximum absolute atomic E-state index is 13.0. The van der Waals surface area contributed by atoms with Crippen LogP contribution >= 0.6 is 23.1 Å². The second kappa shape index (κ2) is 5.63. The number of hydrogen-bond donors (Lipinski definition) is 1. The van der Waals surface area contributed by atoms with Crippen LogP contribution in [0.3, 0.4) is 0 Å². The first-order valence-corrected chi connectivity index (χ1v) is 8.88. The van der Waals surface area contributed by atoms with Gasteiger partial charge in [0, 0.05) is 16.3 Å². The molecule has 0 fully saturated rings. The average Bonchev–Trinajstić information content (AvgIpc) is 2.97. The predicted octanol–water partition coefficient (Wildman–Crippen LogP) is 5.33. The molecule has 4 heteroatoms. The lowest BCUT2D eigenvalue weighted by atomic mass is 10.0.